The molecule has 0 unspecified atom stereocenters. The van der Waals surface area contributed by atoms with Crippen LogP contribution in [0, 0.1) is 13.8 Å². The maximum atomic E-state index is 13.1. The Balaban J connectivity index is 1.90. The molecule has 2 aromatic carbocycles. The third-order valence-corrected chi connectivity index (χ3v) is 5.15. The van der Waals surface area contributed by atoms with E-state index in [1.165, 1.54) is 0 Å². The lowest BCUT2D eigenvalue weighted by Gasteiger charge is -2.34. The van der Waals surface area contributed by atoms with Crippen molar-refractivity contribution in [3.05, 3.63) is 70.3 Å². The zero-order chi connectivity index (χ0) is 18.7. The number of rotatable bonds is 4. The summed E-state index contributed by atoms with van der Waals surface area (Å²) < 4.78 is 0. The highest BCUT2D eigenvalue weighted by Gasteiger charge is 2.25. The summed E-state index contributed by atoms with van der Waals surface area (Å²) in [6.45, 7) is 10.2. The summed E-state index contributed by atoms with van der Waals surface area (Å²) in [6.07, 6.45) is 0. The van der Waals surface area contributed by atoms with Crippen LogP contribution in [0.15, 0.2) is 42.5 Å². The molecular weight excluding hydrogens is 324 g/mol. The lowest BCUT2D eigenvalue weighted by molar-refractivity contribution is 0.0640. The zero-order valence-corrected chi connectivity index (χ0v) is 15.8. The molecule has 1 aliphatic heterocycles. The van der Waals surface area contributed by atoms with Gasteiger partial charge < -0.3 is 9.80 Å². The van der Waals surface area contributed by atoms with E-state index in [2.05, 4.69) is 11.8 Å². The van der Waals surface area contributed by atoms with Gasteiger partial charge in [0.05, 0.1) is 5.56 Å². The van der Waals surface area contributed by atoms with Crippen molar-refractivity contribution in [2.75, 3.05) is 32.7 Å². The monoisotopic (exact) mass is 350 g/mol. The van der Waals surface area contributed by atoms with Crippen LogP contribution in [-0.2, 0) is 0 Å². The molecular formula is C22H26N2O2. The molecule has 4 nitrogen and oxygen atoms in total. The van der Waals surface area contributed by atoms with Crippen LogP contribution in [0.5, 0.6) is 0 Å². The van der Waals surface area contributed by atoms with Crippen LogP contribution in [0.4, 0.5) is 0 Å². The van der Waals surface area contributed by atoms with Gasteiger partial charge in [0.2, 0.25) is 0 Å². The van der Waals surface area contributed by atoms with Crippen molar-refractivity contribution in [1.82, 2.24) is 9.80 Å². The molecule has 1 amide bonds. The highest BCUT2D eigenvalue weighted by molar-refractivity contribution is 6.16. The van der Waals surface area contributed by atoms with E-state index in [4.69, 9.17) is 0 Å². The number of likely N-dealkylation sites (N-methyl/N-ethyl adjacent to an activating group) is 1. The maximum absolute atomic E-state index is 13.1. The second kappa shape index (κ2) is 7.83. The van der Waals surface area contributed by atoms with Crippen LogP contribution in [0.2, 0.25) is 0 Å². The van der Waals surface area contributed by atoms with E-state index in [9.17, 15) is 9.59 Å². The van der Waals surface area contributed by atoms with Crippen molar-refractivity contribution in [3.63, 3.8) is 0 Å². The van der Waals surface area contributed by atoms with E-state index in [1.54, 1.807) is 12.1 Å². The van der Waals surface area contributed by atoms with Gasteiger partial charge in [-0.2, -0.15) is 0 Å². The predicted octanol–water partition coefficient (Wildman–Crippen LogP) is 3.31. The van der Waals surface area contributed by atoms with Crippen molar-refractivity contribution in [2.24, 2.45) is 0 Å². The Morgan fingerprint density at radius 2 is 1.54 bits per heavy atom. The summed E-state index contributed by atoms with van der Waals surface area (Å²) in [7, 11) is 0. The van der Waals surface area contributed by atoms with E-state index >= 15 is 0 Å². The second-order valence-electron chi connectivity index (χ2n) is 6.92. The Morgan fingerprint density at radius 1 is 0.885 bits per heavy atom. The normalized spacial score (nSPS) is 15.1. The van der Waals surface area contributed by atoms with E-state index in [0.29, 0.717) is 29.8 Å². The minimum atomic E-state index is -0.0812. The van der Waals surface area contributed by atoms with Crippen molar-refractivity contribution in [2.45, 2.75) is 20.8 Å². The predicted molar refractivity (Wildman–Crippen MR) is 104 cm³/mol. The fraction of sp³-hybridized carbons (Fsp3) is 0.364. The first-order valence-electron chi connectivity index (χ1n) is 9.24. The van der Waals surface area contributed by atoms with Gasteiger partial charge in [-0.05, 0) is 38.1 Å². The Hall–Kier alpha value is -2.46. The lowest BCUT2D eigenvalue weighted by atomic mass is 9.94. The number of hydrogen-bond acceptors (Lipinski definition) is 3. The number of amides is 1. The van der Waals surface area contributed by atoms with Crippen molar-refractivity contribution in [1.29, 1.82) is 0 Å². The van der Waals surface area contributed by atoms with E-state index in [0.717, 1.165) is 30.8 Å². The average Bonchev–Trinajstić information content (AvgIpc) is 2.69. The van der Waals surface area contributed by atoms with Crippen LogP contribution >= 0.6 is 0 Å². The minimum absolute atomic E-state index is 0.0463. The van der Waals surface area contributed by atoms with Crippen LogP contribution in [0.25, 0.3) is 0 Å². The number of piperazine rings is 1. The smallest absolute Gasteiger partial charge is 0.254 e. The molecule has 136 valence electrons. The fourth-order valence-electron chi connectivity index (χ4n) is 3.43. The van der Waals surface area contributed by atoms with Crippen LogP contribution < -0.4 is 0 Å². The Kier molecular flexibility index (Phi) is 5.52. The summed E-state index contributed by atoms with van der Waals surface area (Å²) in [5.41, 5.74) is 3.63. The topological polar surface area (TPSA) is 40.6 Å². The third-order valence-electron chi connectivity index (χ3n) is 5.15. The van der Waals surface area contributed by atoms with Gasteiger partial charge in [-0.15, -0.1) is 0 Å². The molecule has 1 fully saturated rings. The molecule has 0 aliphatic carbocycles. The molecule has 1 aliphatic rings. The van der Waals surface area contributed by atoms with E-state index < -0.39 is 0 Å². The van der Waals surface area contributed by atoms with Crippen molar-refractivity contribution < 1.29 is 9.59 Å². The van der Waals surface area contributed by atoms with Gasteiger partial charge in [0.25, 0.3) is 5.91 Å². The second-order valence-corrected chi connectivity index (χ2v) is 6.92. The highest BCUT2D eigenvalue weighted by Crippen LogP contribution is 2.20. The molecule has 0 spiro atoms. The van der Waals surface area contributed by atoms with E-state index in [1.807, 2.05) is 49.1 Å². The summed E-state index contributed by atoms with van der Waals surface area (Å²) in [5, 5.41) is 0. The Labute approximate surface area is 155 Å². The van der Waals surface area contributed by atoms with Crippen LogP contribution in [-0.4, -0.2) is 54.2 Å². The fourth-order valence-corrected chi connectivity index (χ4v) is 3.43. The number of benzene rings is 2. The molecule has 0 aromatic heterocycles. The Bertz CT molecular complexity index is 821. The maximum Gasteiger partial charge on any atom is 0.254 e. The standard InChI is InChI=1S/C22H26N2O2/c1-4-23-11-13-24(14-12-23)22(26)19-8-6-5-7-18(19)21(25)20-15-16(2)9-10-17(20)3/h5-10,15H,4,11-14H2,1-3H3. The van der Waals surface area contributed by atoms with Crippen molar-refractivity contribution >= 4 is 11.7 Å². The molecule has 0 N–H and O–H groups in total. The molecule has 1 heterocycles. The summed E-state index contributed by atoms with van der Waals surface area (Å²) in [5.74, 6) is -0.127. The number of carbonyl (C=O) groups excluding carboxylic acids is 2. The SMILES string of the molecule is CCN1CCN(C(=O)c2ccccc2C(=O)c2cc(C)ccc2C)CC1. The number of ketones is 1. The van der Waals surface area contributed by atoms with Gasteiger partial charge in [-0.1, -0.05) is 42.8 Å². The molecule has 26 heavy (non-hydrogen) atoms. The van der Waals surface area contributed by atoms with Crippen LogP contribution in [0.1, 0.15) is 44.3 Å². The lowest BCUT2D eigenvalue weighted by Crippen LogP contribution is -2.48. The number of carbonyl (C=O) groups is 2. The molecule has 0 bridgehead atoms. The number of hydrogen-bond donors (Lipinski definition) is 0. The highest BCUT2D eigenvalue weighted by atomic mass is 16.2. The average molecular weight is 350 g/mol. The van der Waals surface area contributed by atoms with Gasteiger partial charge in [-0.25, -0.2) is 0 Å². The molecule has 1 saturated heterocycles. The molecule has 2 aromatic rings. The quantitative estimate of drug-likeness (QED) is 0.795. The van der Waals surface area contributed by atoms with Gasteiger partial charge in [-0.3, -0.25) is 9.59 Å². The van der Waals surface area contributed by atoms with Gasteiger partial charge in [0, 0.05) is 37.3 Å². The van der Waals surface area contributed by atoms with Gasteiger partial charge in [0.1, 0.15) is 0 Å². The number of nitrogens with zero attached hydrogens (tertiary/aromatic N) is 2. The molecule has 0 saturated carbocycles. The van der Waals surface area contributed by atoms with Gasteiger partial charge in [0.15, 0.2) is 5.78 Å². The first-order valence-corrected chi connectivity index (χ1v) is 9.24. The van der Waals surface area contributed by atoms with Crippen LogP contribution in [0.3, 0.4) is 0 Å². The molecule has 3 rings (SSSR count). The first-order chi connectivity index (χ1) is 12.5. The third kappa shape index (κ3) is 3.70. The molecule has 0 atom stereocenters. The van der Waals surface area contributed by atoms with Gasteiger partial charge >= 0.3 is 0 Å². The molecule has 0 radical (unpaired) electrons. The zero-order valence-electron chi connectivity index (χ0n) is 15.8. The summed E-state index contributed by atoms with van der Waals surface area (Å²) in [4.78, 5) is 30.4. The largest absolute Gasteiger partial charge is 0.336 e. The number of aryl methyl sites for hydroxylation is 2. The summed E-state index contributed by atoms with van der Waals surface area (Å²) in [6, 6.07) is 13.0. The minimum Gasteiger partial charge on any atom is -0.336 e. The first kappa shape index (κ1) is 18.3. The summed E-state index contributed by atoms with van der Waals surface area (Å²) >= 11 is 0. The van der Waals surface area contributed by atoms with Crippen molar-refractivity contribution in [3.8, 4) is 0 Å². The Morgan fingerprint density at radius 3 is 2.19 bits per heavy atom. The molecule has 4 heteroatoms. The van der Waals surface area contributed by atoms with E-state index in [-0.39, 0.29) is 11.7 Å².